The van der Waals surface area contributed by atoms with Crippen molar-refractivity contribution in [1.82, 2.24) is 9.97 Å². The molecule has 0 aliphatic heterocycles. The van der Waals surface area contributed by atoms with E-state index in [0.717, 1.165) is 15.3 Å². The van der Waals surface area contributed by atoms with E-state index in [1.165, 1.54) is 34.4 Å². The van der Waals surface area contributed by atoms with Gasteiger partial charge in [-0.1, -0.05) is 0 Å². The average molecular weight is 391 g/mol. The predicted molar refractivity (Wildman–Crippen MR) is 104 cm³/mol. The average Bonchev–Trinajstić information content (AvgIpc) is 3.12. The quantitative estimate of drug-likeness (QED) is 0.696. The fourth-order valence-corrected chi connectivity index (χ4v) is 4.76. The summed E-state index contributed by atoms with van der Waals surface area (Å²) < 4.78 is 0. The molecule has 0 saturated heterocycles. The van der Waals surface area contributed by atoms with Gasteiger partial charge in [0.05, 0.1) is 22.5 Å². The second-order valence-corrected chi connectivity index (χ2v) is 8.40. The van der Waals surface area contributed by atoms with Crippen molar-refractivity contribution in [2.75, 3.05) is 11.1 Å². The summed E-state index contributed by atoms with van der Waals surface area (Å²) in [6.07, 6.45) is 0. The molecule has 3 aromatic rings. The highest BCUT2D eigenvalue weighted by molar-refractivity contribution is 7.99. The number of nitrogens with one attached hydrogen (secondary N) is 2. The molecule has 9 heteroatoms. The number of aryl methyl sites for hydroxylation is 2. The number of fused-ring (bicyclic) bond motifs is 1. The molecule has 3 aromatic heterocycles. The molecule has 0 spiro atoms. The number of thiophene rings is 2. The van der Waals surface area contributed by atoms with Crippen molar-refractivity contribution in [2.45, 2.75) is 19.6 Å². The van der Waals surface area contributed by atoms with Crippen LogP contribution in [0, 0.1) is 25.2 Å². The molecule has 1 amide bonds. The Labute approximate surface area is 155 Å². The zero-order valence-electron chi connectivity index (χ0n) is 13.5. The number of H-pyrrole nitrogens is 1. The monoisotopic (exact) mass is 390 g/mol. The number of amides is 1. The van der Waals surface area contributed by atoms with Crippen LogP contribution in [-0.2, 0) is 10.5 Å². The number of hydrogen-bond donors (Lipinski definition) is 2. The van der Waals surface area contributed by atoms with Gasteiger partial charge in [0.25, 0.3) is 5.56 Å². The minimum absolute atomic E-state index is 0.135. The summed E-state index contributed by atoms with van der Waals surface area (Å²) in [5.74, 6) is 1.03. The Morgan fingerprint density at radius 3 is 3.04 bits per heavy atom. The number of anilines is 1. The Bertz CT molecular complexity index is 1040. The number of nitrogens with zero attached hydrogens (tertiary/aromatic N) is 2. The number of thioether (sulfide) groups is 1. The molecule has 0 bridgehead atoms. The molecule has 128 valence electrons. The Balaban J connectivity index is 1.62. The normalized spacial score (nSPS) is 10.8. The van der Waals surface area contributed by atoms with Crippen LogP contribution in [0.25, 0.3) is 10.2 Å². The van der Waals surface area contributed by atoms with Crippen LogP contribution in [-0.4, -0.2) is 21.6 Å². The molecule has 25 heavy (non-hydrogen) atoms. The van der Waals surface area contributed by atoms with Crippen LogP contribution in [0.5, 0.6) is 0 Å². The number of aromatic amines is 1. The Morgan fingerprint density at radius 2 is 2.28 bits per heavy atom. The zero-order chi connectivity index (χ0) is 18.0. The third-order valence-corrected chi connectivity index (χ3v) is 6.47. The van der Waals surface area contributed by atoms with E-state index in [2.05, 4.69) is 15.3 Å². The SMILES string of the molecule is Cc1sc2nc(CSCC(=O)Nc3sccc3C#N)[nH]c(=O)c2c1C. The maximum atomic E-state index is 12.2. The summed E-state index contributed by atoms with van der Waals surface area (Å²) in [7, 11) is 0. The molecule has 0 atom stereocenters. The summed E-state index contributed by atoms with van der Waals surface area (Å²) in [5, 5.41) is 14.6. The van der Waals surface area contributed by atoms with E-state index < -0.39 is 0 Å². The fourth-order valence-electron chi connectivity index (χ4n) is 2.26. The molecular formula is C16H14N4O2S3. The number of hydrogen-bond acceptors (Lipinski definition) is 7. The van der Waals surface area contributed by atoms with Crippen LogP contribution in [0.3, 0.4) is 0 Å². The van der Waals surface area contributed by atoms with E-state index in [-0.39, 0.29) is 17.2 Å². The summed E-state index contributed by atoms with van der Waals surface area (Å²) in [4.78, 5) is 33.3. The predicted octanol–water partition coefficient (Wildman–Crippen LogP) is 3.41. The molecule has 6 nitrogen and oxygen atoms in total. The Morgan fingerprint density at radius 1 is 1.48 bits per heavy atom. The van der Waals surface area contributed by atoms with E-state index in [1.54, 1.807) is 11.4 Å². The first-order valence-corrected chi connectivity index (χ1v) is 10.2. The summed E-state index contributed by atoms with van der Waals surface area (Å²) >= 11 is 4.18. The summed E-state index contributed by atoms with van der Waals surface area (Å²) in [6.45, 7) is 3.89. The number of carbonyl (C=O) groups excluding carboxylic acids is 1. The maximum Gasteiger partial charge on any atom is 0.259 e. The molecule has 3 rings (SSSR count). The highest BCUT2D eigenvalue weighted by Crippen LogP contribution is 2.26. The Kier molecular flexibility index (Phi) is 5.22. The highest BCUT2D eigenvalue weighted by atomic mass is 32.2. The second kappa shape index (κ2) is 7.39. The molecule has 0 saturated carbocycles. The van der Waals surface area contributed by atoms with Crippen molar-refractivity contribution in [2.24, 2.45) is 0 Å². The highest BCUT2D eigenvalue weighted by Gasteiger charge is 2.13. The van der Waals surface area contributed by atoms with Crippen LogP contribution in [0.2, 0.25) is 0 Å². The van der Waals surface area contributed by atoms with E-state index in [4.69, 9.17) is 5.26 Å². The molecule has 2 N–H and O–H groups in total. The standard InChI is InChI=1S/C16H14N4O2S3/c1-8-9(2)25-16-13(8)14(22)18-11(19-16)6-23-7-12(21)20-15-10(5-17)3-4-24-15/h3-4H,6-7H2,1-2H3,(H,20,21)(H,18,19,22). The lowest BCUT2D eigenvalue weighted by atomic mass is 10.2. The van der Waals surface area contributed by atoms with Crippen LogP contribution in [0.15, 0.2) is 16.2 Å². The minimum Gasteiger partial charge on any atom is -0.316 e. The van der Waals surface area contributed by atoms with E-state index >= 15 is 0 Å². The van der Waals surface area contributed by atoms with Gasteiger partial charge in [0.1, 0.15) is 21.7 Å². The summed E-state index contributed by atoms with van der Waals surface area (Å²) in [5.41, 5.74) is 1.30. The van der Waals surface area contributed by atoms with Crippen LogP contribution >= 0.6 is 34.4 Å². The lowest BCUT2D eigenvalue weighted by molar-refractivity contribution is -0.113. The number of nitriles is 1. The molecule has 0 radical (unpaired) electrons. The van der Waals surface area contributed by atoms with Crippen molar-refractivity contribution < 1.29 is 4.79 Å². The zero-order valence-corrected chi connectivity index (χ0v) is 16.0. The minimum atomic E-state index is -0.185. The van der Waals surface area contributed by atoms with Crippen molar-refractivity contribution in [3.8, 4) is 6.07 Å². The van der Waals surface area contributed by atoms with Gasteiger partial charge < -0.3 is 10.3 Å². The molecule has 0 fully saturated rings. The van der Waals surface area contributed by atoms with Gasteiger partial charge in [0.15, 0.2) is 0 Å². The first-order valence-electron chi connectivity index (χ1n) is 7.33. The first kappa shape index (κ1) is 17.7. The van der Waals surface area contributed by atoms with Crippen LogP contribution in [0.1, 0.15) is 21.8 Å². The lowest BCUT2D eigenvalue weighted by Crippen LogP contribution is -2.15. The van der Waals surface area contributed by atoms with Crippen LogP contribution in [0.4, 0.5) is 5.00 Å². The molecular weight excluding hydrogens is 376 g/mol. The number of rotatable bonds is 5. The van der Waals surface area contributed by atoms with Gasteiger partial charge in [-0.3, -0.25) is 9.59 Å². The van der Waals surface area contributed by atoms with Gasteiger partial charge in [-0.25, -0.2) is 4.98 Å². The largest absolute Gasteiger partial charge is 0.316 e. The van der Waals surface area contributed by atoms with E-state index in [9.17, 15) is 9.59 Å². The number of carbonyl (C=O) groups is 1. The Hall–Kier alpha value is -2.15. The van der Waals surface area contributed by atoms with Gasteiger partial charge in [-0.2, -0.15) is 5.26 Å². The van der Waals surface area contributed by atoms with Gasteiger partial charge in [0, 0.05) is 4.88 Å². The van der Waals surface area contributed by atoms with Gasteiger partial charge in [-0.05, 0) is 30.9 Å². The van der Waals surface area contributed by atoms with Crippen molar-refractivity contribution in [3.05, 3.63) is 43.6 Å². The third-order valence-electron chi connectivity index (χ3n) is 3.60. The second-order valence-electron chi connectivity index (χ2n) is 5.29. The van der Waals surface area contributed by atoms with Gasteiger partial charge in [0.2, 0.25) is 5.91 Å². The molecule has 0 aliphatic carbocycles. The van der Waals surface area contributed by atoms with Gasteiger partial charge in [-0.15, -0.1) is 34.4 Å². The molecule has 0 aliphatic rings. The third kappa shape index (κ3) is 3.76. The summed E-state index contributed by atoms with van der Waals surface area (Å²) in [6, 6.07) is 3.70. The number of aromatic nitrogens is 2. The van der Waals surface area contributed by atoms with E-state index in [0.29, 0.717) is 27.5 Å². The van der Waals surface area contributed by atoms with Crippen molar-refractivity contribution in [3.63, 3.8) is 0 Å². The molecule has 3 heterocycles. The smallest absolute Gasteiger partial charge is 0.259 e. The van der Waals surface area contributed by atoms with Crippen molar-refractivity contribution >= 4 is 55.6 Å². The lowest BCUT2D eigenvalue weighted by Gasteiger charge is -2.03. The van der Waals surface area contributed by atoms with Crippen molar-refractivity contribution in [1.29, 1.82) is 5.26 Å². The topological polar surface area (TPSA) is 98.6 Å². The molecule has 0 unspecified atom stereocenters. The van der Waals surface area contributed by atoms with Gasteiger partial charge >= 0.3 is 0 Å². The van der Waals surface area contributed by atoms with Crippen LogP contribution < -0.4 is 10.9 Å². The maximum absolute atomic E-state index is 12.2. The molecule has 0 aromatic carbocycles. The van der Waals surface area contributed by atoms with E-state index in [1.807, 2.05) is 19.9 Å². The first-order chi connectivity index (χ1) is 12.0. The fraction of sp³-hybridized carbons (Fsp3) is 0.250.